The maximum Gasteiger partial charge on any atom is 0.410 e. The van der Waals surface area contributed by atoms with Gasteiger partial charge in [-0.2, -0.15) is 0 Å². The number of hydrogen-bond donors (Lipinski definition) is 0. The highest BCUT2D eigenvalue weighted by molar-refractivity contribution is 6.08. The van der Waals surface area contributed by atoms with Crippen molar-refractivity contribution in [3.63, 3.8) is 0 Å². The molecule has 0 aliphatic carbocycles. The van der Waals surface area contributed by atoms with Crippen LogP contribution in [0.3, 0.4) is 0 Å². The van der Waals surface area contributed by atoms with Gasteiger partial charge in [0.25, 0.3) is 0 Å². The van der Waals surface area contributed by atoms with Crippen LogP contribution in [0.5, 0.6) is 0 Å². The van der Waals surface area contributed by atoms with E-state index in [1.165, 1.54) is 27.4 Å². The van der Waals surface area contributed by atoms with Crippen molar-refractivity contribution in [2.75, 3.05) is 26.7 Å². The van der Waals surface area contributed by atoms with E-state index < -0.39 is 0 Å². The number of hydrogen-bond acceptors (Lipinski definition) is 3. The van der Waals surface area contributed by atoms with Gasteiger partial charge in [-0.05, 0) is 50.1 Å². The molecule has 2 aliphatic heterocycles. The monoisotopic (exact) mass is 377 g/mol. The molecule has 1 atom stereocenters. The van der Waals surface area contributed by atoms with Crippen LogP contribution in [0.4, 0.5) is 4.79 Å². The van der Waals surface area contributed by atoms with Crippen LogP contribution < -0.4 is 0 Å². The van der Waals surface area contributed by atoms with E-state index in [2.05, 4.69) is 58.9 Å². The van der Waals surface area contributed by atoms with Gasteiger partial charge in [-0.1, -0.05) is 24.3 Å². The minimum Gasteiger partial charge on any atom is -0.440 e. The topological polar surface area (TPSA) is 37.7 Å². The second-order valence-electron chi connectivity index (χ2n) is 8.33. The number of piperidine rings is 1. The standard InChI is InChI=1S/C23H27N3O2/c1-3-26-20-8-5-4-7-18(20)19-13-17(9-10-21(19)26)14-25-12-6-11-23(16-25)15-24(2)22(27)28-23/h4-5,7-10,13H,3,6,11-12,14-16H2,1-2H3/t23-/m0/s1. The zero-order valence-electron chi connectivity index (χ0n) is 16.6. The minimum atomic E-state index is -0.327. The van der Waals surface area contributed by atoms with Crippen molar-refractivity contribution in [2.45, 2.75) is 38.5 Å². The third-order valence-electron chi connectivity index (χ3n) is 6.32. The highest BCUT2D eigenvalue weighted by Crippen LogP contribution is 2.33. The first-order valence-electron chi connectivity index (χ1n) is 10.2. The number of rotatable bonds is 3. The van der Waals surface area contributed by atoms with E-state index in [1.807, 2.05) is 7.05 Å². The Kier molecular flexibility index (Phi) is 4.09. The second-order valence-corrected chi connectivity index (χ2v) is 8.33. The smallest absolute Gasteiger partial charge is 0.410 e. The number of likely N-dealkylation sites (N-methyl/N-ethyl adjacent to an activating group) is 1. The first-order chi connectivity index (χ1) is 13.6. The number of para-hydroxylation sites is 1. The van der Waals surface area contributed by atoms with Gasteiger partial charge in [-0.15, -0.1) is 0 Å². The molecule has 1 aromatic heterocycles. The summed E-state index contributed by atoms with van der Waals surface area (Å²) in [6, 6.07) is 15.5. The Morgan fingerprint density at radius 3 is 2.68 bits per heavy atom. The zero-order chi connectivity index (χ0) is 19.3. The van der Waals surface area contributed by atoms with E-state index in [4.69, 9.17) is 4.74 Å². The van der Waals surface area contributed by atoms with Crippen LogP contribution in [-0.4, -0.2) is 52.7 Å². The maximum atomic E-state index is 11.9. The molecule has 2 aromatic carbocycles. The summed E-state index contributed by atoms with van der Waals surface area (Å²) in [6.07, 6.45) is 1.84. The molecule has 5 heteroatoms. The lowest BCUT2D eigenvalue weighted by Crippen LogP contribution is -2.50. The first kappa shape index (κ1) is 17.6. The number of carbonyl (C=O) groups excluding carboxylic acids is 1. The summed E-state index contributed by atoms with van der Waals surface area (Å²) < 4.78 is 8.14. The van der Waals surface area contributed by atoms with E-state index >= 15 is 0 Å². The summed E-state index contributed by atoms with van der Waals surface area (Å²) in [4.78, 5) is 16.0. The van der Waals surface area contributed by atoms with Crippen LogP contribution >= 0.6 is 0 Å². The van der Waals surface area contributed by atoms with Crippen molar-refractivity contribution in [1.82, 2.24) is 14.4 Å². The van der Waals surface area contributed by atoms with Crippen molar-refractivity contribution in [1.29, 1.82) is 0 Å². The molecular formula is C23H27N3O2. The minimum absolute atomic E-state index is 0.185. The molecule has 0 radical (unpaired) electrons. The molecule has 28 heavy (non-hydrogen) atoms. The lowest BCUT2D eigenvalue weighted by atomic mass is 9.92. The molecule has 5 rings (SSSR count). The van der Waals surface area contributed by atoms with Crippen molar-refractivity contribution in [3.8, 4) is 0 Å². The highest BCUT2D eigenvalue weighted by atomic mass is 16.6. The highest BCUT2D eigenvalue weighted by Gasteiger charge is 2.46. The van der Waals surface area contributed by atoms with E-state index in [0.29, 0.717) is 6.54 Å². The third-order valence-corrected chi connectivity index (χ3v) is 6.32. The van der Waals surface area contributed by atoms with Crippen LogP contribution in [0.1, 0.15) is 25.3 Å². The SMILES string of the molecule is CCn1c2ccccc2c2cc(CN3CCC[C@@]4(C3)CN(C)C(=O)O4)ccc21. The molecule has 0 saturated carbocycles. The van der Waals surface area contributed by atoms with E-state index in [1.54, 1.807) is 4.90 Å². The molecule has 3 aromatic rings. The Bertz CT molecular complexity index is 1060. The zero-order valence-corrected chi connectivity index (χ0v) is 16.6. The van der Waals surface area contributed by atoms with Crippen LogP contribution in [0.15, 0.2) is 42.5 Å². The van der Waals surface area contributed by atoms with Crippen LogP contribution in [0.25, 0.3) is 21.8 Å². The third kappa shape index (κ3) is 2.76. The first-order valence-corrected chi connectivity index (χ1v) is 10.2. The Labute approximate surface area is 165 Å². The predicted octanol–water partition coefficient (Wildman–Crippen LogP) is 4.23. The van der Waals surface area contributed by atoms with Crippen molar-refractivity contribution < 1.29 is 9.53 Å². The van der Waals surface area contributed by atoms with Gasteiger partial charge in [0.05, 0.1) is 6.54 Å². The summed E-state index contributed by atoms with van der Waals surface area (Å²) in [5.74, 6) is 0. The van der Waals surface area contributed by atoms with Crippen molar-refractivity contribution in [2.24, 2.45) is 0 Å². The number of ether oxygens (including phenoxy) is 1. The van der Waals surface area contributed by atoms with Gasteiger partial charge in [0.1, 0.15) is 5.60 Å². The molecule has 2 fully saturated rings. The predicted molar refractivity (Wildman–Crippen MR) is 111 cm³/mol. The van der Waals surface area contributed by atoms with Gasteiger partial charge >= 0.3 is 6.09 Å². The number of aryl methyl sites for hydroxylation is 1. The quantitative estimate of drug-likeness (QED) is 0.685. The number of likely N-dealkylation sites (tertiary alicyclic amines) is 1. The summed E-state index contributed by atoms with van der Waals surface area (Å²) >= 11 is 0. The van der Waals surface area contributed by atoms with Gasteiger partial charge in [0.15, 0.2) is 0 Å². The van der Waals surface area contributed by atoms with Gasteiger partial charge in [-0.25, -0.2) is 4.79 Å². The number of aromatic nitrogens is 1. The van der Waals surface area contributed by atoms with Gasteiger partial charge in [0, 0.05) is 48.5 Å². The summed E-state index contributed by atoms with van der Waals surface area (Å²) in [6.45, 7) is 6.63. The lowest BCUT2D eigenvalue weighted by Gasteiger charge is -2.38. The fourth-order valence-corrected chi connectivity index (χ4v) is 5.13. The molecule has 2 aliphatic rings. The number of carbonyl (C=O) groups is 1. The Morgan fingerprint density at radius 2 is 1.89 bits per heavy atom. The van der Waals surface area contributed by atoms with Crippen molar-refractivity contribution in [3.05, 3.63) is 48.0 Å². The van der Waals surface area contributed by atoms with Crippen molar-refractivity contribution >= 4 is 27.9 Å². The molecule has 5 nitrogen and oxygen atoms in total. The lowest BCUT2D eigenvalue weighted by molar-refractivity contribution is -0.0113. The normalized spacial score (nSPS) is 23.2. The van der Waals surface area contributed by atoms with Crippen LogP contribution in [-0.2, 0) is 17.8 Å². The molecule has 0 N–H and O–H groups in total. The summed E-state index contributed by atoms with van der Waals surface area (Å²) in [7, 11) is 1.83. The molecule has 2 saturated heterocycles. The van der Waals surface area contributed by atoms with E-state index in [0.717, 1.165) is 39.0 Å². The van der Waals surface area contributed by atoms with Crippen LogP contribution in [0.2, 0.25) is 0 Å². The number of fused-ring (bicyclic) bond motifs is 3. The van der Waals surface area contributed by atoms with Crippen LogP contribution in [0, 0.1) is 0 Å². The average Bonchev–Trinajstić information content (AvgIpc) is 3.15. The van der Waals surface area contributed by atoms with E-state index in [9.17, 15) is 4.79 Å². The van der Waals surface area contributed by atoms with Gasteiger partial charge in [0.2, 0.25) is 0 Å². The summed E-state index contributed by atoms with van der Waals surface area (Å²) in [5.41, 5.74) is 3.59. The molecule has 1 spiro atoms. The molecule has 0 bridgehead atoms. The Balaban J connectivity index is 1.44. The molecule has 3 heterocycles. The largest absolute Gasteiger partial charge is 0.440 e. The fraction of sp³-hybridized carbons (Fsp3) is 0.435. The number of amides is 1. The van der Waals surface area contributed by atoms with E-state index in [-0.39, 0.29) is 11.7 Å². The number of benzene rings is 2. The van der Waals surface area contributed by atoms with Gasteiger partial charge in [-0.3, -0.25) is 4.90 Å². The fourth-order valence-electron chi connectivity index (χ4n) is 5.13. The average molecular weight is 377 g/mol. The molecule has 1 amide bonds. The maximum absolute atomic E-state index is 11.9. The number of nitrogens with zero attached hydrogens (tertiary/aromatic N) is 3. The molecular weight excluding hydrogens is 350 g/mol. The Morgan fingerprint density at radius 1 is 1.07 bits per heavy atom. The summed E-state index contributed by atoms with van der Waals surface area (Å²) in [5, 5.41) is 2.65. The van der Waals surface area contributed by atoms with Gasteiger partial charge < -0.3 is 14.2 Å². The molecule has 0 unspecified atom stereocenters. The molecule has 146 valence electrons. The Hall–Kier alpha value is -2.53. The second kappa shape index (κ2) is 6.52.